The molecule has 0 aliphatic rings. The monoisotopic (exact) mass is 457 g/mol. The van der Waals surface area contributed by atoms with E-state index in [0.29, 0.717) is 5.02 Å². The maximum absolute atomic E-state index is 12.6. The molecule has 2 aromatic carbocycles. The molecular formula is C17H13Cl2N3O4S2. The molecular weight excluding hydrogens is 445 g/mol. The van der Waals surface area contributed by atoms with Crippen LogP contribution < -0.4 is 9.44 Å². The second-order valence-corrected chi connectivity index (χ2v) is 9.67. The number of anilines is 2. The molecule has 0 atom stereocenters. The van der Waals surface area contributed by atoms with E-state index in [0.717, 1.165) is 0 Å². The first-order valence-electron chi connectivity index (χ1n) is 7.69. The van der Waals surface area contributed by atoms with Gasteiger partial charge in [0.2, 0.25) is 0 Å². The number of nitrogens with one attached hydrogen (secondary N) is 2. The molecule has 1 aromatic heterocycles. The van der Waals surface area contributed by atoms with Crippen LogP contribution in [0.5, 0.6) is 0 Å². The lowest BCUT2D eigenvalue weighted by molar-refractivity contribution is 0.598. The molecule has 7 nitrogen and oxygen atoms in total. The Morgan fingerprint density at radius 1 is 0.750 bits per heavy atom. The highest BCUT2D eigenvalue weighted by Gasteiger charge is 2.20. The quantitative estimate of drug-likeness (QED) is 0.544. The van der Waals surface area contributed by atoms with Gasteiger partial charge in [-0.15, -0.1) is 0 Å². The van der Waals surface area contributed by atoms with E-state index in [9.17, 15) is 16.8 Å². The summed E-state index contributed by atoms with van der Waals surface area (Å²) in [5.74, 6) is 0. The van der Waals surface area contributed by atoms with Crippen molar-refractivity contribution in [3.8, 4) is 0 Å². The van der Waals surface area contributed by atoms with Gasteiger partial charge in [0.05, 0.1) is 16.3 Å². The highest BCUT2D eigenvalue weighted by Crippen LogP contribution is 2.24. The van der Waals surface area contributed by atoms with E-state index in [1.807, 2.05) is 0 Å². The van der Waals surface area contributed by atoms with Crippen LogP contribution in [0.3, 0.4) is 0 Å². The van der Waals surface area contributed by atoms with E-state index in [4.69, 9.17) is 23.2 Å². The molecule has 0 spiro atoms. The Balaban J connectivity index is 1.89. The van der Waals surface area contributed by atoms with E-state index in [1.54, 1.807) is 18.2 Å². The number of rotatable bonds is 6. The Hall–Kier alpha value is -2.33. The van der Waals surface area contributed by atoms with Gasteiger partial charge in [0.1, 0.15) is 10.0 Å². The van der Waals surface area contributed by atoms with Gasteiger partial charge in [-0.3, -0.25) is 9.44 Å². The minimum Gasteiger partial charge on any atom is -0.280 e. The number of pyridine rings is 1. The molecule has 0 amide bonds. The third-order valence-electron chi connectivity index (χ3n) is 3.49. The van der Waals surface area contributed by atoms with Gasteiger partial charge in [-0.1, -0.05) is 35.3 Å². The van der Waals surface area contributed by atoms with Gasteiger partial charge >= 0.3 is 0 Å². The molecule has 0 saturated carbocycles. The summed E-state index contributed by atoms with van der Waals surface area (Å²) < 4.78 is 54.9. The molecule has 3 aromatic rings. The van der Waals surface area contributed by atoms with Crippen LogP contribution in [0.25, 0.3) is 0 Å². The summed E-state index contributed by atoms with van der Waals surface area (Å²) in [6.07, 6.45) is 1.36. The second kappa shape index (κ2) is 7.96. The van der Waals surface area contributed by atoms with Crippen LogP contribution in [-0.2, 0) is 20.0 Å². The molecule has 11 heteroatoms. The van der Waals surface area contributed by atoms with Crippen LogP contribution in [-0.4, -0.2) is 21.8 Å². The van der Waals surface area contributed by atoms with Crippen LogP contribution in [0.2, 0.25) is 10.2 Å². The van der Waals surface area contributed by atoms with Crippen molar-refractivity contribution >= 4 is 54.6 Å². The Morgan fingerprint density at radius 2 is 1.39 bits per heavy atom. The lowest BCUT2D eigenvalue weighted by Crippen LogP contribution is -2.16. The van der Waals surface area contributed by atoms with Crippen molar-refractivity contribution in [3.63, 3.8) is 0 Å². The molecule has 0 radical (unpaired) electrons. The predicted octanol–water partition coefficient (Wildman–Crippen LogP) is 3.99. The first kappa shape index (κ1) is 20.4. The molecule has 1 heterocycles. The fourth-order valence-electron chi connectivity index (χ4n) is 2.27. The summed E-state index contributed by atoms with van der Waals surface area (Å²) in [6, 6.07) is 14.3. The second-order valence-electron chi connectivity index (χ2n) is 5.54. The third-order valence-corrected chi connectivity index (χ3v) is 6.93. The lowest BCUT2D eigenvalue weighted by Gasteiger charge is -2.12. The smallest absolute Gasteiger partial charge is 0.264 e. The molecule has 0 aliphatic carbocycles. The number of aromatic nitrogens is 1. The van der Waals surface area contributed by atoms with Crippen molar-refractivity contribution in [3.05, 3.63) is 77.0 Å². The first-order valence-corrected chi connectivity index (χ1v) is 11.4. The molecule has 0 aliphatic heterocycles. The largest absolute Gasteiger partial charge is 0.280 e. The van der Waals surface area contributed by atoms with Gasteiger partial charge in [0.15, 0.2) is 0 Å². The maximum atomic E-state index is 12.6. The fraction of sp³-hybridized carbons (Fsp3) is 0. The van der Waals surface area contributed by atoms with E-state index in [2.05, 4.69) is 14.4 Å². The van der Waals surface area contributed by atoms with Crippen LogP contribution in [0.1, 0.15) is 0 Å². The summed E-state index contributed by atoms with van der Waals surface area (Å²) in [7, 11) is -8.01. The minimum atomic E-state index is -4.05. The molecule has 0 bridgehead atoms. The molecule has 0 unspecified atom stereocenters. The van der Waals surface area contributed by atoms with Crippen molar-refractivity contribution in [2.24, 2.45) is 0 Å². The summed E-state index contributed by atoms with van der Waals surface area (Å²) in [6.45, 7) is 0. The Bertz CT molecular complexity index is 1230. The standard InChI is InChI=1S/C17H13Cl2N3O4S2/c18-12-4-1-5-13(10-12)21-27(23,24)15-7-2-6-14(11-15)22-28(25,26)16-8-3-9-20-17(16)19/h1-11,21-22H. The van der Waals surface area contributed by atoms with Crippen molar-refractivity contribution in [2.75, 3.05) is 9.44 Å². The molecule has 28 heavy (non-hydrogen) atoms. The van der Waals surface area contributed by atoms with E-state index < -0.39 is 20.0 Å². The average Bonchev–Trinajstić information content (AvgIpc) is 2.61. The number of hydrogen-bond donors (Lipinski definition) is 2. The van der Waals surface area contributed by atoms with Crippen LogP contribution in [0.4, 0.5) is 11.4 Å². The minimum absolute atomic E-state index is 0.0499. The summed E-state index contributed by atoms with van der Waals surface area (Å²) in [5, 5.41) is 0.177. The van der Waals surface area contributed by atoms with Gasteiger partial charge in [-0.25, -0.2) is 21.8 Å². The van der Waals surface area contributed by atoms with Gasteiger partial charge in [0.25, 0.3) is 20.0 Å². The van der Waals surface area contributed by atoms with Gasteiger partial charge < -0.3 is 0 Å². The Morgan fingerprint density at radius 3 is 2.07 bits per heavy atom. The third kappa shape index (κ3) is 4.74. The number of hydrogen-bond acceptors (Lipinski definition) is 5. The van der Waals surface area contributed by atoms with E-state index >= 15 is 0 Å². The zero-order valence-corrected chi connectivity index (χ0v) is 17.1. The number of halogens is 2. The normalized spacial score (nSPS) is 11.8. The van der Waals surface area contributed by atoms with E-state index in [-0.39, 0.29) is 26.3 Å². The Kier molecular flexibility index (Phi) is 5.80. The van der Waals surface area contributed by atoms with Crippen molar-refractivity contribution < 1.29 is 16.8 Å². The van der Waals surface area contributed by atoms with Gasteiger partial charge in [-0.05, 0) is 48.5 Å². The maximum Gasteiger partial charge on any atom is 0.264 e. The number of benzene rings is 2. The molecule has 3 rings (SSSR count). The van der Waals surface area contributed by atoms with Crippen LogP contribution in [0.15, 0.2) is 76.7 Å². The SMILES string of the molecule is O=S(=O)(Nc1cccc(Cl)c1)c1cccc(NS(=O)(=O)c2cccnc2Cl)c1. The summed E-state index contributed by atoms with van der Waals surface area (Å²) in [4.78, 5) is 3.37. The summed E-state index contributed by atoms with van der Waals surface area (Å²) in [5.41, 5.74) is 0.328. The molecule has 0 fully saturated rings. The highest BCUT2D eigenvalue weighted by molar-refractivity contribution is 7.93. The van der Waals surface area contributed by atoms with Crippen LogP contribution >= 0.6 is 23.2 Å². The topological polar surface area (TPSA) is 105 Å². The average molecular weight is 458 g/mol. The zero-order valence-electron chi connectivity index (χ0n) is 14.0. The number of nitrogens with zero attached hydrogens (tertiary/aromatic N) is 1. The van der Waals surface area contributed by atoms with E-state index in [1.165, 1.54) is 48.7 Å². The molecule has 0 saturated heterocycles. The van der Waals surface area contributed by atoms with Gasteiger partial charge in [0, 0.05) is 11.2 Å². The first-order chi connectivity index (χ1) is 13.2. The summed E-state index contributed by atoms with van der Waals surface area (Å²) >= 11 is 11.7. The van der Waals surface area contributed by atoms with Crippen LogP contribution in [0, 0.1) is 0 Å². The van der Waals surface area contributed by atoms with Crippen molar-refractivity contribution in [2.45, 2.75) is 9.79 Å². The molecule has 2 N–H and O–H groups in total. The predicted molar refractivity (Wildman–Crippen MR) is 109 cm³/mol. The highest BCUT2D eigenvalue weighted by atomic mass is 35.5. The zero-order chi connectivity index (χ0) is 20.4. The lowest BCUT2D eigenvalue weighted by atomic mass is 10.3. The molecule has 146 valence electrons. The number of sulfonamides is 2. The van der Waals surface area contributed by atoms with Gasteiger partial charge in [-0.2, -0.15) is 0 Å². The Labute approximate surface area is 172 Å². The fourth-order valence-corrected chi connectivity index (χ4v) is 5.06. The van der Waals surface area contributed by atoms with Crippen molar-refractivity contribution in [1.29, 1.82) is 0 Å². The van der Waals surface area contributed by atoms with Crippen molar-refractivity contribution in [1.82, 2.24) is 4.98 Å².